The van der Waals surface area contributed by atoms with Gasteiger partial charge in [0.2, 0.25) is 0 Å². The summed E-state index contributed by atoms with van der Waals surface area (Å²) in [6, 6.07) is 6.35. The molecule has 2 aromatic carbocycles. The summed E-state index contributed by atoms with van der Waals surface area (Å²) < 4.78 is 20.2. The quantitative estimate of drug-likeness (QED) is 0.389. The molecule has 11 heteroatoms. The third-order valence-electron chi connectivity index (χ3n) is 3.70. The predicted octanol–water partition coefficient (Wildman–Crippen LogP) is 3.07. The molecule has 0 radical (unpaired) electrons. The van der Waals surface area contributed by atoms with Crippen LogP contribution >= 0.6 is 11.6 Å². The summed E-state index contributed by atoms with van der Waals surface area (Å²) in [4.78, 5) is 34.6. The summed E-state index contributed by atoms with van der Waals surface area (Å²) in [5, 5.41) is 13.6. The first-order valence-electron chi connectivity index (χ1n) is 8.01. The fourth-order valence-corrected chi connectivity index (χ4v) is 2.56. The standard InChI is InChI=1S/C18H17ClN2O8/c1-26-14-5-4-10(21(24)25)6-11(14)18(23)29-9-17(22)20-13-7-12(19)15(27-2)8-16(13)28-3/h4-8H,9H2,1-3H3,(H,20,22). The first-order valence-corrected chi connectivity index (χ1v) is 8.39. The molecule has 1 N–H and O–H groups in total. The number of nitro benzene ring substituents is 1. The molecule has 0 fully saturated rings. The van der Waals surface area contributed by atoms with Crippen molar-refractivity contribution in [3.05, 3.63) is 51.0 Å². The topological polar surface area (TPSA) is 126 Å². The van der Waals surface area contributed by atoms with Gasteiger partial charge in [0.25, 0.3) is 11.6 Å². The highest BCUT2D eigenvalue weighted by Gasteiger charge is 2.20. The van der Waals surface area contributed by atoms with Crippen LogP contribution in [-0.2, 0) is 9.53 Å². The average Bonchev–Trinajstić information content (AvgIpc) is 2.71. The minimum Gasteiger partial charge on any atom is -0.496 e. The number of methoxy groups -OCH3 is 3. The van der Waals surface area contributed by atoms with E-state index in [-0.39, 0.29) is 33.5 Å². The van der Waals surface area contributed by atoms with E-state index in [1.54, 1.807) is 0 Å². The van der Waals surface area contributed by atoms with Crippen molar-refractivity contribution in [2.45, 2.75) is 0 Å². The van der Waals surface area contributed by atoms with Gasteiger partial charge in [0, 0.05) is 18.2 Å². The first-order chi connectivity index (χ1) is 13.8. The second-order valence-corrected chi connectivity index (χ2v) is 5.86. The zero-order chi connectivity index (χ0) is 21.6. The number of carbonyl (C=O) groups is 2. The number of esters is 1. The van der Waals surface area contributed by atoms with Crippen LogP contribution in [0.3, 0.4) is 0 Å². The van der Waals surface area contributed by atoms with Gasteiger partial charge >= 0.3 is 5.97 Å². The van der Waals surface area contributed by atoms with Crippen molar-refractivity contribution in [2.24, 2.45) is 0 Å². The van der Waals surface area contributed by atoms with Gasteiger partial charge in [-0.1, -0.05) is 11.6 Å². The molecule has 0 aliphatic carbocycles. The summed E-state index contributed by atoms with van der Waals surface area (Å²) in [5.41, 5.74) is -0.258. The first kappa shape index (κ1) is 21.8. The monoisotopic (exact) mass is 424 g/mol. The molecule has 0 aliphatic rings. The second-order valence-electron chi connectivity index (χ2n) is 5.45. The van der Waals surface area contributed by atoms with E-state index in [4.69, 9.17) is 30.5 Å². The van der Waals surface area contributed by atoms with Crippen LogP contribution in [0.1, 0.15) is 10.4 Å². The van der Waals surface area contributed by atoms with Crippen molar-refractivity contribution in [1.82, 2.24) is 0 Å². The summed E-state index contributed by atoms with van der Waals surface area (Å²) in [6.45, 7) is -0.655. The molecule has 2 aromatic rings. The molecule has 10 nitrogen and oxygen atoms in total. The fourth-order valence-electron chi connectivity index (χ4n) is 2.32. The number of nitrogens with zero attached hydrogens (tertiary/aromatic N) is 1. The van der Waals surface area contributed by atoms with Crippen molar-refractivity contribution in [3.8, 4) is 17.2 Å². The highest BCUT2D eigenvalue weighted by atomic mass is 35.5. The Morgan fingerprint density at radius 2 is 1.69 bits per heavy atom. The van der Waals surface area contributed by atoms with Gasteiger partial charge in [-0.2, -0.15) is 0 Å². The fraction of sp³-hybridized carbons (Fsp3) is 0.222. The van der Waals surface area contributed by atoms with E-state index >= 15 is 0 Å². The summed E-state index contributed by atoms with van der Waals surface area (Å²) in [7, 11) is 4.12. The maximum atomic E-state index is 12.2. The van der Waals surface area contributed by atoms with Crippen LogP contribution in [0.4, 0.5) is 11.4 Å². The zero-order valence-corrected chi connectivity index (χ0v) is 16.4. The smallest absolute Gasteiger partial charge is 0.342 e. The molecule has 0 unspecified atom stereocenters. The molecular weight excluding hydrogens is 408 g/mol. The molecule has 0 aliphatic heterocycles. The molecule has 0 heterocycles. The maximum absolute atomic E-state index is 12.2. The SMILES string of the molecule is COc1cc(OC)c(NC(=O)COC(=O)c2cc([N+](=O)[O-])ccc2OC)cc1Cl. The lowest BCUT2D eigenvalue weighted by atomic mass is 10.2. The predicted molar refractivity (Wildman–Crippen MR) is 103 cm³/mol. The summed E-state index contributed by atoms with van der Waals surface area (Å²) >= 11 is 6.04. The Kier molecular flexibility index (Phi) is 7.21. The van der Waals surface area contributed by atoms with Crippen LogP contribution in [0.2, 0.25) is 5.02 Å². The van der Waals surface area contributed by atoms with E-state index in [1.807, 2.05) is 0 Å². The van der Waals surface area contributed by atoms with E-state index in [9.17, 15) is 19.7 Å². The summed E-state index contributed by atoms with van der Waals surface area (Å²) in [6.07, 6.45) is 0. The minimum absolute atomic E-state index is 0.0737. The number of rotatable bonds is 8. The van der Waals surface area contributed by atoms with Crippen LogP contribution in [0.5, 0.6) is 17.2 Å². The molecule has 0 bridgehead atoms. The lowest BCUT2D eigenvalue weighted by Crippen LogP contribution is -2.21. The number of amides is 1. The molecule has 154 valence electrons. The Labute approximate surface area is 170 Å². The van der Waals surface area contributed by atoms with E-state index in [1.165, 1.54) is 45.6 Å². The molecule has 0 aromatic heterocycles. The van der Waals surface area contributed by atoms with Gasteiger partial charge in [0.15, 0.2) is 6.61 Å². The van der Waals surface area contributed by atoms with Gasteiger partial charge in [0.05, 0.1) is 37.0 Å². The van der Waals surface area contributed by atoms with E-state index < -0.39 is 23.4 Å². The zero-order valence-electron chi connectivity index (χ0n) is 15.7. The van der Waals surface area contributed by atoms with Gasteiger partial charge in [-0.15, -0.1) is 0 Å². The van der Waals surface area contributed by atoms with E-state index in [0.717, 1.165) is 6.07 Å². The third-order valence-corrected chi connectivity index (χ3v) is 3.99. The molecule has 0 saturated heterocycles. The molecule has 0 spiro atoms. The lowest BCUT2D eigenvalue weighted by molar-refractivity contribution is -0.384. The Hall–Kier alpha value is -3.53. The van der Waals surface area contributed by atoms with Crippen molar-refractivity contribution in [1.29, 1.82) is 0 Å². The highest BCUT2D eigenvalue weighted by Crippen LogP contribution is 2.35. The van der Waals surface area contributed by atoms with E-state index in [0.29, 0.717) is 5.75 Å². The van der Waals surface area contributed by atoms with E-state index in [2.05, 4.69) is 5.32 Å². The number of nitro groups is 1. The molecule has 0 saturated carbocycles. The number of hydrogen-bond donors (Lipinski definition) is 1. The number of ether oxygens (including phenoxy) is 4. The van der Waals surface area contributed by atoms with Gasteiger partial charge < -0.3 is 24.3 Å². The highest BCUT2D eigenvalue weighted by molar-refractivity contribution is 6.32. The number of halogens is 1. The maximum Gasteiger partial charge on any atom is 0.342 e. The second kappa shape index (κ2) is 9.60. The minimum atomic E-state index is -0.958. The molecular formula is C18H17ClN2O8. The number of hydrogen-bond acceptors (Lipinski definition) is 8. The number of anilines is 1. The Bertz CT molecular complexity index is 948. The Morgan fingerprint density at radius 1 is 1.03 bits per heavy atom. The van der Waals surface area contributed by atoms with Gasteiger partial charge in [0.1, 0.15) is 22.8 Å². The Balaban J connectivity index is 2.10. The number of non-ortho nitro benzene ring substituents is 1. The number of benzene rings is 2. The van der Waals surface area contributed by atoms with Crippen molar-refractivity contribution in [2.75, 3.05) is 33.3 Å². The van der Waals surface area contributed by atoms with Crippen LogP contribution < -0.4 is 19.5 Å². The van der Waals surface area contributed by atoms with Crippen molar-refractivity contribution in [3.63, 3.8) is 0 Å². The molecule has 2 rings (SSSR count). The molecule has 29 heavy (non-hydrogen) atoms. The normalized spacial score (nSPS) is 10.1. The van der Waals surface area contributed by atoms with Gasteiger partial charge in [-0.05, 0) is 12.1 Å². The molecule has 1 amide bonds. The number of nitrogens with one attached hydrogen (secondary N) is 1. The van der Waals surface area contributed by atoms with Crippen LogP contribution in [-0.4, -0.2) is 44.7 Å². The van der Waals surface area contributed by atoms with Crippen molar-refractivity contribution >= 4 is 34.9 Å². The van der Waals surface area contributed by atoms with Gasteiger partial charge in [-0.25, -0.2) is 4.79 Å². The Morgan fingerprint density at radius 3 is 2.28 bits per heavy atom. The third kappa shape index (κ3) is 5.26. The van der Waals surface area contributed by atoms with Crippen molar-refractivity contribution < 1.29 is 33.5 Å². The number of carbonyl (C=O) groups excluding carboxylic acids is 2. The average molecular weight is 425 g/mol. The van der Waals surface area contributed by atoms with Crippen LogP contribution in [0.25, 0.3) is 0 Å². The molecule has 0 atom stereocenters. The summed E-state index contributed by atoms with van der Waals surface area (Å²) in [5.74, 6) is -0.927. The van der Waals surface area contributed by atoms with Crippen LogP contribution in [0.15, 0.2) is 30.3 Å². The van der Waals surface area contributed by atoms with Crippen LogP contribution in [0, 0.1) is 10.1 Å². The van der Waals surface area contributed by atoms with Gasteiger partial charge in [-0.3, -0.25) is 14.9 Å². The lowest BCUT2D eigenvalue weighted by Gasteiger charge is -2.13. The largest absolute Gasteiger partial charge is 0.496 e.